The predicted molar refractivity (Wildman–Crippen MR) is 112 cm³/mol. The first kappa shape index (κ1) is 19.9. The molecule has 1 fully saturated rings. The van der Waals surface area contributed by atoms with Crippen LogP contribution in [0.3, 0.4) is 0 Å². The van der Waals surface area contributed by atoms with Gasteiger partial charge in [-0.3, -0.25) is 19.3 Å². The number of nitrogens with zero attached hydrogens (tertiary/aromatic N) is 1. The number of nitrogens with one attached hydrogen (secondary N) is 1. The molecule has 0 aliphatic carbocycles. The van der Waals surface area contributed by atoms with Gasteiger partial charge >= 0.3 is 0 Å². The molecule has 0 aromatic heterocycles. The molecule has 1 N–H and O–H groups in total. The van der Waals surface area contributed by atoms with Crippen molar-refractivity contribution in [3.8, 4) is 0 Å². The molecule has 3 amide bonds. The molecule has 2 aromatic carbocycles. The normalized spacial score (nSPS) is 15.4. The molecular formula is C22H22N2O3S. The summed E-state index contributed by atoms with van der Waals surface area (Å²) < 4.78 is 0. The molecule has 3 rings (SSSR count). The standard InChI is InChI=1S/C22H22N2O3S/c1-15-6-8-17(9-7-15)13-19-21(26)24(22(27)28-19)11-10-23-20(25)14-18-5-3-4-16(2)12-18/h3-9,12-13H,10-11,14H2,1-2H3,(H,23,25). The molecule has 28 heavy (non-hydrogen) atoms. The fourth-order valence-corrected chi connectivity index (χ4v) is 3.75. The van der Waals surface area contributed by atoms with Gasteiger partial charge in [0.05, 0.1) is 11.3 Å². The Labute approximate surface area is 168 Å². The van der Waals surface area contributed by atoms with Crippen LogP contribution in [0, 0.1) is 13.8 Å². The van der Waals surface area contributed by atoms with E-state index in [1.807, 2.05) is 62.4 Å². The Morgan fingerprint density at radius 1 is 1.07 bits per heavy atom. The minimum atomic E-state index is -0.316. The number of benzene rings is 2. The Bertz CT molecular complexity index is 935. The van der Waals surface area contributed by atoms with Crippen LogP contribution < -0.4 is 5.32 Å². The van der Waals surface area contributed by atoms with E-state index in [2.05, 4.69) is 5.32 Å². The number of carbonyl (C=O) groups excluding carboxylic acids is 3. The lowest BCUT2D eigenvalue weighted by Crippen LogP contribution is -2.37. The third kappa shape index (κ3) is 5.10. The van der Waals surface area contributed by atoms with Crippen molar-refractivity contribution in [3.63, 3.8) is 0 Å². The van der Waals surface area contributed by atoms with Crippen molar-refractivity contribution in [2.75, 3.05) is 13.1 Å². The van der Waals surface area contributed by atoms with E-state index < -0.39 is 0 Å². The predicted octanol–water partition coefficient (Wildman–Crippen LogP) is 3.70. The fraction of sp³-hybridized carbons (Fsp3) is 0.227. The highest BCUT2D eigenvalue weighted by atomic mass is 32.2. The van der Waals surface area contributed by atoms with Gasteiger partial charge in [-0.1, -0.05) is 59.7 Å². The molecule has 0 atom stereocenters. The number of hydrogen-bond acceptors (Lipinski definition) is 4. The maximum Gasteiger partial charge on any atom is 0.293 e. The van der Waals surface area contributed by atoms with E-state index in [0.717, 1.165) is 34.0 Å². The molecular weight excluding hydrogens is 372 g/mol. The molecule has 1 saturated heterocycles. The van der Waals surface area contributed by atoms with Crippen LogP contribution in [0.25, 0.3) is 6.08 Å². The van der Waals surface area contributed by atoms with Gasteiger partial charge in [0, 0.05) is 13.1 Å². The van der Waals surface area contributed by atoms with Gasteiger partial charge in [0.1, 0.15) is 0 Å². The van der Waals surface area contributed by atoms with Gasteiger partial charge in [0.2, 0.25) is 5.91 Å². The summed E-state index contributed by atoms with van der Waals surface area (Å²) in [6.45, 7) is 4.37. The van der Waals surface area contributed by atoms with E-state index in [4.69, 9.17) is 0 Å². The van der Waals surface area contributed by atoms with E-state index >= 15 is 0 Å². The summed E-state index contributed by atoms with van der Waals surface area (Å²) in [5, 5.41) is 2.47. The summed E-state index contributed by atoms with van der Waals surface area (Å²) in [4.78, 5) is 38.3. The first-order chi connectivity index (χ1) is 13.4. The van der Waals surface area contributed by atoms with E-state index in [-0.39, 0.29) is 36.6 Å². The van der Waals surface area contributed by atoms with Gasteiger partial charge < -0.3 is 5.32 Å². The third-order valence-corrected chi connectivity index (χ3v) is 5.26. The summed E-state index contributed by atoms with van der Waals surface area (Å²) in [7, 11) is 0. The molecule has 1 heterocycles. The number of rotatable bonds is 6. The van der Waals surface area contributed by atoms with Crippen LogP contribution in [0.15, 0.2) is 53.4 Å². The van der Waals surface area contributed by atoms with Crippen LogP contribution in [0.1, 0.15) is 22.3 Å². The topological polar surface area (TPSA) is 66.5 Å². The molecule has 1 aliphatic heterocycles. The van der Waals surface area contributed by atoms with Crippen LogP contribution in [0.2, 0.25) is 0 Å². The molecule has 144 valence electrons. The van der Waals surface area contributed by atoms with Crippen LogP contribution in [-0.4, -0.2) is 35.0 Å². The number of imide groups is 1. The average Bonchev–Trinajstić information content (AvgIpc) is 2.91. The monoisotopic (exact) mass is 394 g/mol. The Morgan fingerprint density at radius 3 is 2.54 bits per heavy atom. The van der Waals surface area contributed by atoms with Gasteiger partial charge in [-0.05, 0) is 42.8 Å². The van der Waals surface area contributed by atoms with Gasteiger partial charge in [0.15, 0.2) is 0 Å². The van der Waals surface area contributed by atoms with Crippen LogP contribution in [-0.2, 0) is 16.0 Å². The lowest BCUT2D eigenvalue weighted by molar-refractivity contribution is -0.124. The summed E-state index contributed by atoms with van der Waals surface area (Å²) in [5.41, 5.74) is 4.04. The summed E-state index contributed by atoms with van der Waals surface area (Å²) in [5.74, 6) is -0.448. The zero-order chi connectivity index (χ0) is 20.1. The first-order valence-electron chi connectivity index (χ1n) is 9.06. The number of aryl methyl sites for hydroxylation is 2. The lowest BCUT2D eigenvalue weighted by Gasteiger charge is -2.13. The number of thioether (sulfide) groups is 1. The molecule has 5 nitrogen and oxygen atoms in total. The Hall–Kier alpha value is -2.86. The quantitative estimate of drug-likeness (QED) is 0.759. The molecule has 6 heteroatoms. The molecule has 0 bridgehead atoms. The van der Waals surface area contributed by atoms with Crippen molar-refractivity contribution in [1.82, 2.24) is 10.2 Å². The van der Waals surface area contributed by atoms with Crippen LogP contribution in [0.5, 0.6) is 0 Å². The maximum absolute atomic E-state index is 12.5. The number of hydrogen-bond donors (Lipinski definition) is 1. The molecule has 2 aromatic rings. The minimum Gasteiger partial charge on any atom is -0.354 e. The van der Waals surface area contributed by atoms with Gasteiger partial charge in [-0.25, -0.2) is 0 Å². The molecule has 0 spiro atoms. The highest BCUT2D eigenvalue weighted by Gasteiger charge is 2.34. The Morgan fingerprint density at radius 2 is 1.82 bits per heavy atom. The second-order valence-electron chi connectivity index (χ2n) is 6.76. The van der Waals surface area contributed by atoms with Crippen molar-refractivity contribution in [2.45, 2.75) is 20.3 Å². The third-order valence-electron chi connectivity index (χ3n) is 4.35. The second-order valence-corrected chi connectivity index (χ2v) is 7.75. The molecule has 0 unspecified atom stereocenters. The van der Waals surface area contributed by atoms with Crippen LogP contribution in [0.4, 0.5) is 4.79 Å². The summed E-state index contributed by atoms with van der Waals surface area (Å²) in [6, 6.07) is 15.5. The fourth-order valence-electron chi connectivity index (χ4n) is 2.88. The average molecular weight is 394 g/mol. The molecule has 1 aliphatic rings. The Kier molecular flexibility index (Phi) is 6.31. The minimum absolute atomic E-state index is 0.132. The highest BCUT2D eigenvalue weighted by Crippen LogP contribution is 2.31. The smallest absolute Gasteiger partial charge is 0.293 e. The largest absolute Gasteiger partial charge is 0.354 e. The van der Waals surface area contributed by atoms with E-state index in [0.29, 0.717) is 4.91 Å². The summed E-state index contributed by atoms with van der Waals surface area (Å²) in [6.07, 6.45) is 2.00. The SMILES string of the molecule is Cc1ccc(C=C2SC(=O)N(CCNC(=O)Cc3cccc(C)c3)C2=O)cc1. The first-order valence-corrected chi connectivity index (χ1v) is 9.88. The summed E-state index contributed by atoms with van der Waals surface area (Å²) >= 11 is 0.930. The van der Waals surface area contributed by atoms with Crippen molar-refractivity contribution in [3.05, 3.63) is 75.7 Å². The van der Waals surface area contributed by atoms with Crippen molar-refractivity contribution in [2.24, 2.45) is 0 Å². The Balaban J connectivity index is 1.53. The van der Waals surface area contributed by atoms with Crippen LogP contribution >= 0.6 is 11.8 Å². The van der Waals surface area contributed by atoms with Crippen molar-refractivity contribution < 1.29 is 14.4 Å². The second kappa shape index (κ2) is 8.89. The van der Waals surface area contributed by atoms with Gasteiger partial charge in [0.25, 0.3) is 11.1 Å². The maximum atomic E-state index is 12.5. The molecule has 0 saturated carbocycles. The van der Waals surface area contributed by atoms with Crippen molar-refractivity contribution >= 4 is 34.9 Å². The zero-order valence-electron chi connectivity index (χ0n) is 15.9. The lowest BCUT2D eigenvalue weighted by atomic mass is 10.1. The van der Waals surface area contributed by atoms with Crippen molar-refractivity contribution in [1.29, 1.82) is 0 Å². The number of carbonyl (C=O) groups is 3. The highest BCUT2D eigenvalue weighted by molar-refractivity contribution is 8.18. The van der Waals surface area contributed by atoms with E-state index in [9.17, 15) is 14.4 Å². The van der Waals surface area contributed by atoms with E-state index in [1.54, 1.807) is 6.08 Å². The zero-order valence-corrected chi connectivity index (χ0v) is 16.7. The number of amides is 3. The van der Waals surface area contributed by atoms with E-state index in [1.165, 1.54) is 4.90 Å². The molecule has 0 radical (unpaired) electrons. The van der Waals surface area contributed by atoms with Gasteiger partial charge in [-0.2, -0.15) is 0 Å². The van der Waals surface area contributed by atoms with Gasteiger partial charge in [-0.15, -0.1) is 0 Å².